The van der Waals surface area contributed by atoms with Gasteiger partial charge in [-0.25, -0.2) is 0 Å². The summed E-state index contributed by atoms with van der Waals surface area (Å²) in [5.41, 5.74) is 1.12. The van der Waals surface area contributed by atoms with Gasteiger partial charge in [0.25, 0.3) is 0 Å². The van der Waals surface area contributed by atoms with Gasteiger partial charge in [0, 0.05) is 30.6 Å². The van der Waals surface area contributed by atoms with Gasteiger partial charge in [0.1, 0.15) is 31.3 Å². The Labute approximate surface area is 193 Å². The molecule has 1 aliphatic rings. The van der Waals surface area contributed by atoms with Gasteiger partial charge in [0.15, 0.2) is 0 Å². The van der Waals surface area contributed by atoms with E-state index < -0.39 is 0 Å². The molecule has 2 heterocycles. The highest BCUT2D eigenvalue weighted by Gasteiger charge is 2.34. The predicted octanol–water partition coefficient (Wildman–Crippen LogP) is 3.54. The smallest absolute Gasteiger partial charge is 0.249 e. The fraction of sp³-hybridized carbons (Fsp3) is 0.500. The van der Waals surface area contributed by atoms with Gasteiger partial charge >= 0.3 is 0 Å². The Hall–Kier alpha value is -2.58. The largest absolute Gasteiger partial charge is 0.497 e. The lowest BCUT2D eigenvalue weighted by molar-refractivity contribution is -0.146. The minimum atomic E-state index is -0.208. The molecule has 174 valence electrons. The highest BCUT2D eigenvalue weighted by atomic mass is 32.1. The van der Waals surface area contributed by atoms with Crippen molar-refractivity contribution in [3.8, 4) is 11.5 Å². The number of thiophene rings is 1. The van der Waals surface area contributed by atoms with Gasteiger partial charge in [-0.15, -0.1) is 11.3 Å². The maximum absolute atomic E-state index is 13.4. The number of ether oxygens (including phenoxy) is 3. The molecule has 7 nitrogen and oxygen atoms in total. The highest BCUT2D eigenvalue weighted by Crippen LogP contribution is 2.34. The van der Waals surface area contributed by atoms with Crippen LogP contribution in [0.4, 0.5) is 0 Å². The first-order valence-corrected chi connectivity index (χ1v) is 11.8. The van der Waals surface area contributed by atoms with Crippen LogP contribution in [0, 0.1) is 0 Å². The molecule has 32 heavy (non-hydrogen) atoms. The highest BCUT2D eigenvalue weighted by molar-refractivity contribution is 7.10. The van der Waals surface area contributed by atoms with Crippen LogP contribution in [-0.2, 0) is 20.7 Å². The van der Waals surface area contributed by atoms with Gasteiger partial charge < -0.3 is 24.0 Å². The van der Waals surface area contributed by atoms with Gasteiger partial charge in [0.2, 0.25) is 11.8 Å². The molecule has 2 amide bonds. The predicted molar refractivity (Wildman–Crippen MR) is 124 cm³/mol. The van der Waals surface area contributed by atoms with Crippen LogP contribution < -0.4 is 9.47 Å². The van der Waals surface area contributed by atoms with E-state index in [0.29, 0.717) is 18.9 Å². The summed E-state index contributed by atoms with van der Waals surface area (Å²) in [6.07, 6.45) is 1.57. The quantitative estimate of drug-likeness (QED) is 0.543. The first-order chi connectivity index (χ1) is 15.5. The maximum atomic E-state index is 13.4. The summed E-state index contributed by atoms with van der Waals surface area (Å²) in [6, 6.07) is 9.26. The van der Waals surface area contributed by atoms with Crippen molar-refractivity contribution < 1.29 is 23.8 Å². The van der Waals surface area contributed by atoms with Gasteiger partial charge in [-0.2, -0.15) is 0 Å². The fourth-order valence-corrected chi connectivity index (χ4v) is 4.82. The third kappa shape index (κ3) is 5.61. The number of amides is 2. The Balaban J connectivity index is 1.78. The van der Waals surface area contributed by atoms with Crippen LogP contribution >= 0.6 is 11.3 Å². The molecule has 0 saturated heterocycles. The number of benzene rings is 1. The molecular weight excluding hydrogens is 428 g/mol. The third-order valence-electron chi connectivity index (χ3n) is 5.88. The average molecular weight is 461 g/mol. The molecule has 0 N–H and O–H groups in total. The number of nitrogens with zero attached hydrogens (tertiary/aromatic N) is 2. The zero-order valence-corrected chi connectivity index (χ0v) is 20.0. The molecule has 0 saturated carbocycles. The second-order valence-electron chi connectivity index (χ2n) is 7.85. The van der Waals surface area contributed by atoms with E-state index in [-0.39, 0.29) is 37.0 Å². The van der Waals surface area contributed by atoms with Gasteiger partial charge in [0.05, 0.1) is 13.2 Å². The second kappa shape index (κ2) is 11.3. The van der Waals surface area contributed by atoms with Crippen molar-refractivity contribution in [1.29, 1.82) is 0 Å². The Bertz CT molecular complexity index is 915. The minimum absolute atomic E-state index is 0.0331. The molecule has 0 fully saturated rings. The maximum Gasteiger partial charge on any atom is 0.249 e. The summed E-state index contributed by atoms with van der Waals surface area (Å²) in [4.78, 5) is 30.7. The van der Waals surface area contributed by atoms with E-state index in [4.69, 9.17) is 14.2 Å². The number of carbonyl (C=O) groups excluding carboxylic acids is 2. The Kier molecular flexibility index (Phi) is 8.53. The summed E-state index contributed by atoms with van der Waals surface area (Å²) in [5, 5.41) is 2.06. The number of hydrogen-bond acceptors (Lipinski definition) is 6. The van der Waals surface area contributed by atoms with Gasteiger partial charge in [-0.05, 0) is 48.9 Å². The molecule has 1 aromatic heterocycles. The lowest BCUT2D eigenvalue weighted by Gasteiger charge is -2.38. The molecule has 0 bridgehead atoms. The van der Waals surface area contributed by atoms with E-state index in [1.165, 1.54) is 12.0 Å². The summed E-state index contributed by atoms with van der Waals surface area (Å²) < 4.78 is 16.4. The molecule has 0 spiro atoms. The van der Waals surface area contributed by atoms with Crippen LogP contribution in [0.3, 0.4) is 0 Å². The number of rotatable bonds is 10. The second-order valence-corrected chi connectivity index (χ2v) is 8.85. The molecule has 2 atom stereocenters. The van der Waals surface area contributed by atoms with E-state index in [1.54, 1.807) is 23.3 Å². The number of hydrogen-bond donors (Lipinski definition) is 0. The summed E-state index contributed by atoms with van der Waals surface area (Å²) in [7, 11) is 3.11. The molecule has 1 aliphatic heterocycles. The van der Waals surface area contributed by atoms with Crippen molar-refractivity contribution in [1.82, 2.24) is 9.80 Å². The lowest BCUT2D eigenvalue weighted by Crippen LogP contribution is -2.50. The third-order valence-corrected chi connectivity index (χ3v) is 6.88. The van der Waals surface area contributed by atoms with Crippen molar-refractivity contribution in [3.63, 3.8) is 0 Å². The summed E-state index contributed by atoms with van der Waals surface area (Å²) >= 11 is 1.71. The van der Waals surface area contributed by atoms with E-state index in [1.807, 2.05) is 43.0 Å². The van der Waals surface area contributed by atoms with Crippen LogP contribution in [0.2, 0.25) is 0 Å². The number of carbonyl (C=O) groups is 2. The molecule has 1 aromatic carbocycles. The summed E-state index contributed by atoms with van der Waals surface area (Å²) in [5.74, 6) is 1.16. The zero-order chi connectivity index (χ0) is 23.1. The van der Waals surface area contributed by atoms with E-state index in [2.05, 4.69) is 11.4 Å². The fourth-order valence-electron chi connectivity index (χ4n) is 3.89. The average Bonchev–Trinajstić information content (AvgIpc) is 3.29. The van der Waals surface area contributed by atoms with E-state index in [0.717, 1.165) is 24.2 Å². The van der Waals surface area contributed by atoms with Gasteiger partial charge in [-0.1, -0.05) is 13.0 Å². The van der Waals surface area contributed by atoms with Crippen molar-refractivity contribution in [2.45, 2.75) is 38.8 Å². The number of fused-ring (bicyclic) bond motifs is 1. The topological polar surface area (TPSA) is 68.3 Å². The molecule has 2 aromatic rings. The Morgan fingerprint density at radius 3 is 2.75 bits per heavy atom. The van der Waals surface area contributed by atoms with Crippen LogP contribution in [0.25, 0.3) is 0 Å². The lowest BCUT2D eigenvalue weighted by atomic mass is 10.00. The number of methoxy groups -OCH3 is 2. The molecule has 3 rings (SSSR count). The molecule has 0 aliphatic carbocycles. The molecule has 2 unspecified atom stereocenters. The normalized spacial score (nSPS) is 16.2. The summed E-state index contributed by atoms with van der Waals surface area (Å²) in [6.45, 7) is 4.90. The van der Waals surface area contributed by atoms with Crippen LogP contribution in [0.15, 0.2) is 35.7 Å². The minimum Gasteiger partial charge on any atom is -0.497 e. The van der Waals surface area contributed by atoms with E-state index in [9.17, 15) is 9.59 Å². The van der Waals surface area contributed by atoms with Crippen molar-refractivity contribution in [2.24, 2.45) is 0 Å². The first-order valence-electron chi connectivity index (χ1n) is 10.9. The van der Waals surface area contributed by atoms with Gasteiger partial charge in [-0.3, -0.25) is 9.59 Å². The van der Waals surface area contributed by atoms with Crippen LogP contribution in [0.5, 0.6) is 11.5 Å². The zero-order valence-electron chi connectivity index (χ0n) is 19.2. The van der Waals surface area contributed by atoms with Crippen LogP contribution in [0.1, 0.15) is 36.8 Å². The van der Waals surface area contributed by atoms with E-state index >= 15 is 0 Å². The standard InChI is InChI=1S/C24H32N2O5S/c1-5-17(2)26(24(28)16-29-3)14-23(27)25-11-9-22-20(10-12-32-22)21(25)15-31-19-8-6-7-18(13-19)30-4/h6-8,10,12-13,17,21H,5,9,11,14-16H2,1-4H3. The first kappa shape index (κ1) is 24.1. The van der Waals surface area contributed by atoms with Crippen molar-refractivity contribution in [2.75, 3.05) is 40.5 Å². The Morgan fingerprint density at radius 2 is 2.03 bits per heavy atom. The monoisotopic (exact) mass is 460 g/mol. The molecular formula is C24H32N2O5S. The Morgan fingerprint density at radius 1 is 1.25 bits per heavy atom. The molecule has 0 radical (unpaired) electrons. The SMILES string of the molecule is CCC(C)N(CC(=O)N1CCc2sccc2C1COc1cccc(OC)c1)C(=O)COC. The molecule has 8 heteroatoms. The van der Waals surface area contributed by atoms with Crippen molar-refractivity contribution >= 4 is 23.2 Å². The van der Waals surface area contributed by atoms with Crippen molar-refractivity contribution in [3.05, 3.63) is 46.2 Å². The van der Waals surface area contributed by atoms with Crippen LogP contribution in [-0.4, -0.2) is 68.2 Å².